The smallest absolute Gasteiger partial charge is 0.265 e. The molecular formula is C23H22N2O3S. The molecule has 6 heteroatoms. The highest BCUT2D eigenvalue weighted by molar-refractivity contribution is 7.09. The molecule has 0 atom stereocenters. The number of anilines is 1. The normalized spacial score (nSPS) is 13.2. The van der Waals surface area contributed by atoms with Gasteiger partial charge in [-0.15, -0.1) is 11.3 Å². The number of amides is 1. The van der Waals surface area contributed by atoms with Crippen LogP contribution in [-0.2, 0) is 11.2 Å². The molecule has 1 aromatic heterocycles. The second-order valence-electron chi connectivity index (χ2n) is 7.12. The second kappa shape index (κ2) is 8.17. The minimum absolute atomic E-state index is 0.0140. The van der Waals surface area contributed by atoms with Gasteiger partial charge in [0, 0.05) is 16.5 Å². The molecule has 1 aliphatic rings. The van der Waals surface area contributed by atoms with Crippen molar-refractivity contribution >= 4 is 28.7 Å². The van der Waals surface area contributed by atoms with E-state index in [0.717, 1.165) is 34.7 Å². The van der Waals surface area contributed by atoms with Gasteiger partial charge in [0.2, 0.25) is 0 Å². The van der Waals surface area contributed by atoms with Crippen molar-refractivity contribution in [3.63, 3.8) is 0 Å². The number of aryl methyl sites for hydroxylation is 2. The van der Waals surface area contributed by atoms with Crippen molar-refractivity contribution in [1.29, 1.82) is 0 Å². The number of hydrogen-bond donors (Lipinski definition) is 0. The Kier molecular flexibility index (Phi) is 5.45. The molecule has 148 valence electrons. The summed E-state index contributed by atoms with van der Waals surface area (Å²) in [5.41, 5.74) is 4.09. The van der Waals surface area contributed by atoms with Crippen LogP contribution in [0, 0.1) is 6.92 Å². The molecule has 0 saturated heterocycles. The van der Waals surface area contributed by atoms with Crippen LogP contribution in [0.1, 0.15) is 34.3 Å². The first kappa shape index (κ1) is 19.3. The number of aromatic nitrogens is 1. The van der Waals surface area contributed by atoms with Gasteiger partial charge in [-0.25, -0.2) is 4.98 Å². The monoisotopic (exact) mass is 406 g/mol. The van der Waals surface area contributed by atoms with E-state index in [4.69, 9.17) is 4.74 Å². The third-order valence-electron chi connectivity index (χ3n) is 4.89. The molecule has 5 nitrogen and oxygen atoms in total. The van der Waals surface area contributed by atoms with E-state index in [0.29, 0.717) is 17.0 Å². The molecule has 0 bridgehead atoms. The van der Waals surface area contributed by atoms with Gasteiger partial charge in [-0.1, -0.05) is 36.8 Å². The summed E-state index contributed by atoms with van der Waals surface area (Å²) in [4.78, 5) is 31.5. The van der Waals surface area contributed by atoms with Crippen LogP contribution in [0.5, 0.6) is 5.75 Å². The minimum atomic E-state index is -0.222. The quantitative estimate of drug-likeness (QED) is 0.558. The molecule has 0 unspecified atom stereocenters. The summed E-state index contributed by atoms with van der Waals surface area (Å²) >= 11 is 1.64. The van der Waals surface area contributed by atoms with E-state index in [9.17, 15) is 9.59 Å². The Bertz CT molecular complexity index is 1060. The van der Waals surface area contributed by atoms with Crippen molar-refractivity contribution < 1.29 is 14.3 Å². The van der Waals surface area contributed by atoms with Gasteiger partial charge in [0.15, 0.2) is 12.4 Å². The van der Waals surface area contributed by atoms with Gasteiger partial charge in [0.05, 0.1) is 22.9 Å². The Morgan fingerprint density at radius 3 is 2.76 bits per heavy atom. The van der Waals surface area contributed by atoms with Crippen LogP contribution in [0.3, 0.4) is 0 Å². The molecule has 2 heterocycles. The minimum Gasteiger partial charge on any atom is -0.482 e. The lowest BCUT2D eigenvalue weighted by atomic mass is 10.1. The SMILES string of the molecule is CCCc1nc(-c2ccc3c(c2)N(CC(=O)c2ccc(C)cc2)C(=O)CO3)cs1. The summed E-state index contributed by atoms with van der Waals surface area (Å²) in [5, 5.41) is 3.12. The lowest BCUT2D eigenvalue weighted by molar-refractivity contribution is -0.121. The highest BCUT2D eigenvalue weighted by Gasteiger charge is 2.28. The summed E-state index contributed by atoms with van der Waals surface area (Å²) in [6.45, 7) is 4.03. The molecule has 1 amide bonds. The summed E-state index contributed by atoms with van der Waals surface area (Å²) in [7, 11) is 0. The summed E-state index contributed by atoms with van der Waals surface area (Å²) in [6.07, 6.45) is 2.00. The molecule has 0 saturated carbocycles. The molecule has 1 aliphatic heterocycles. The molecule has 2 aromatic carbocycles. The zero-order valence-corrected chi connectivity index (χ0v) is 17.3. The number of nitrogens with zero attached hydrogens (tertiary/aromatic N) is 2. The Balaban J connectivity index is 1.63. The topological polar surface area (TPSA) is 59.5 Å². The van der Waals surface area contributed by atoms with Gasteiger partial charge < -0.3 is 4.74 Å². The maximum atomic E-state index is 12.8. The van der Waals surface area contributed by atoms with Crippen LogP contribution in [0.25, 0.3) is 11.3 Å². The maximum Gasteiger partial charge on any atom is 0.265 e. The zero-order valence-electron chi connectivity index (χ0n) is 16.5. The van der Waals surface area contributed by atoms with Crippen molar-refractivity contribution in [1.82, 2.24) is 4.98 Å². The molecule has 0 N–H and O–H groups in total. The van der Waals surface area contributed by atoms with E-state index in [-0.39, 0.29) is 24.8 Å². The van der Waals surface area contributed by atoms with E-state index < -0.39 is 0 Å². The van der Waals surface area contributed by atoms with Gasteiger partial charge in [-0.3, -0.25) is 14.5 Å². The van der Waals surface area contributed by atoms with Crippen LogP contribution < -0.4 is 9.64 Å². The number of carbonyl (C=O) groups excluding carboxylic acids is 2. The number of benzene rings is 2. The third-order valence-corrected chi connectivity index (χ3v) is 5.80. The number of thiazole rings is 1. The summed E-state index contributed by atoms with van der Waals surface area (Å²) in [5.74, 6) is 0.282. The van der Waals surface area contributed by atoms with Crippen molar-refractivity contribution in [2.24, 2.45) is 0 Å². The Morgan fingerprint density at radius 2 is 2.00 bits per heavy atom. The fourth-order valence-corrected chi connectivity index (χ4v) is 4.19. The third kappa shape index (κ3) is 4.07. The summed E-state index contributed by atoms with van der Waals surface area (Å²) < 4.78 is 5.58. The highest BCUT2D eigenvalue weighted by atomic mass is 32.1. The average molecular weight is 407 g/mol. The van der Waals surface area contributed by atoms with E-state index in [1.54, 1.807) is 23.5 Å². The van der Waals surface area contributed by atoms with E-state index >= 15 is 0 Å². The van der Waals surface area contributed by atoms with Gasteiger partial charge in [0.1, 0.15) is 5.75 Å². The predicted molar refractivity (Wildman–Crippen MR) is 115 cm³/mol. The van der Waals surface area contributed by atoms with Crippen molar-refractivity contribution in [2.75, 3.05) is 18.1 Å². The fourth-order valence-electron chi connectivity index (χ4n) is 3.28. The zero-order chi connectivity index (χ0) is 20.4. The van der Waals surface area contributed by atoms with E-state index in [1.165, 1.54) is 4.90 Å². The predicted octanol–water partition coefficient (Wildman–Crippen LogP) is 4.68. The second-order valence-corrected chi connectivity index (χ2v) is 8.06. The highest BCUT2D eigenvalue weighted by Crippen LogP contribution is 2.36. The van der Waals surface area contributed by atoms with Crippen LogP contribution in [0.4, 0.5) is 5.69 Å². The lowest BCUT2D eigenvalue weighted by Gasteiger charge is -2.29. The first-order chi connectivity index (χ1) is 14.0. The van der Waals surface area contributed by atoms with E-state index in [2.05, 4.69) is 11.9 Å². The fraction of sp³-hybridized carbons (Fsp3) is 0.261. The first-order valence-electron chi connectivity index (χ1n) is 9.67. The number of carbonyl (C=O) groups is 2. The van der Waals surface area contributed by atoms with Crippen LogP contribution in [0.15, 0.2) is 47.8 Å². The number of rotatable bonds is 6. The summed E-state index contributed by atoms with van der Waals surface area (Å²) in [6, 6.07) is 13.1. The number of hydrogen-bond acceptors (Lipinski definition) is 5. The molecule has 4 rings (SSSR count). The van der Waals surface area contributed by atoms with Gasteiger partial charge in [-0.05, 0) is 38.0 Å². The Labute approximate surface area is 174 Å². The van der Waals surface area contributed by atoms with Crippen LogP contribution in [0.2, 0.25) is 0 Å². The van der Waals surface area contributed by atoms with Crippen molar-refractivity contribution in [2.45, 2.75) is 26.7 Å². The number of ether oxygens (including phenoxy) is 1. The van der Waals surface area contributed by atoms with Crippen LogP contribution >= 0.6 is 11.3 Å². The Morgan fingerprint density at radius 1 is 1.21 bits per heavy atom. The van der Waals surface area contributed by atoms with Crippen molar-refractivity contribution in [3.05, 3.63) is 64.0 Å². The number of Topliss-reactive ketones (excluding diaryl/α,β-unsaturated/α-hetero) is 1. The van der Waals surface area contributed by atoms with Gasteiger partial charge >= 0.3 is 0 Å². The standard InChI is InChI=1S/C23H22N2O3S/c1-3-4-22-24-18(14-29-22)17-9-10-21-19(11-17)25(23(27)13-28-21)12-20(26)16-7-5-15(2)6-8-16/h5-11,14H,3-4,12-13H2,1-2H3. The van der Waals surface area contributed by atoms with Crippen molar-refractivity contribution in [3.8, 4) is 17.0 Å². The molecule has 0 fully saturated rings. The number of fused-ring (bicyclic) bond motifs is 1. The number of ketones is 1. The average Bonchev–Trinajstić information content (AvgIpc) is 3.19. The molecular weight excluding hydrogens is 384 g/mol. The molecule has 3 aromatic rings. The molecule has 0 spiro atoms. The van der Waals surface area contributed by atoms with E-state index in [1.807, 2.05) is 42.6 Å². The largest absolute Gasteiger partial charge is 0.482 e. The lowest BCUT2D eigenvalue weighted by Crippen LogP contribution is -2.42. The van der Waals surface area contributed by atoms with Gasteiger partial charge in [-0.2, -0.15) is 0 Å². The Hall–Kier alpha value is -2.99. The maximum absolute atomic E-state index is 12.8. The molecule has 29 heavy (non-hydrogen) atoms. The molecule has 0 radical (unpaired) electrons. The molecule has 0 aliphatic carbocycles. The van der Waals surface area contributed by atoms with Crippen LogP contribution in [-0.4, -0.2) is 29.8 Å². The first-order valence-corrected chi connectivity index (χ1v) is 10.5. The van der Waals surface area contributed by atoms with Gasteiger partial charge in [0.25, 0.3) is 5.91 Å².